The maximum absolute atomic E-state index is 12.7. The van der Waals surface area contributed by atoms with Gasteiger partial charge in [-0.15, -0.1) is 0 Å². The molecule has 0 bridgehead atoms. The van der Waals surface area contributed by atoms with Crippen LogP contribution >= 0.6 is 12.2 Å². The SMILES string of the molecule is COc1cc(C(=O)NC(=S)Nc2ccc(NC(=O)c3ccccc3)cc2)cc(OC)c1OC. The topological polar surface area (TPSA) is 97.9 Å². The van der Waals surface area contributed by atoms with Crippen LogP contribution in [0.25, 0.3) is 0 Å². The lowest BCUT2D eigenvalue weighted by Gasteiger charge is -2.15. The molecule has 8 nitrogen and oxygen atoms in total. The van der Waals surface area contributed by atoms with E-state index in [1.807, 2.05) is 6.07 Å². The molecule has 3 aromatic carbocycles. The molecule has 0 atom stereocenters. The van der Waals surface area contributed by atoms with E-state index in [-0.39, 0.29) is 16.6 Å². The summed E-state index contributed by atoms with van der Waals surface area (Å²) in [5.41, 5.74) is 2.12. The third-order valence-corrected chi connectivity index (χ3v) is 4.79. The average molecular weight is 466 g/mol. The van der Waals surface area contributed by atoms with Gasteiger partial charge in [0.1, 0.15) is 0 Å². The van der Waals surface area contributed by atoms with Crippen LogP contribution in [-0.2, 0) is 0 Å². The van der Waals surface area contributed by atoms with Gasteiger partial charge in [0.15, 0.2) is 16.6 Å². The predicted octanol–water partition coefficient (Wildman–Crippen LogP) is 4.09. The fourth-order valence-electron chi connectivity index (χ4n) is 2.98. The maximum Gasteiger partial charge on any atom is 0.257 e. The molecule has 3 rings (SSSR count). The molecule has 2 amide bonds. The molecular weight excluding hydrogens is 442 g/mol. The summed E-state index contributed by atoms with van der Waals surface area (Å²) in [4.78, 5) is 24.9. The molecule has 0 heterocycles. The number of anilines is 2. The number of rotatable bonds is 7. The Balaban J connectivity index is 1.61. The molecule has 0 saturated heterocycles. The van der Waals surface area contributed by atoms with E-state index in [9.17, 15) is 9.59 Å². The van der Waals surface area contributed by atoms with Gasteiger partial charge >= 0.3 is 0 Å². The van der Waals surface area contributed by atoms with E-state index in [2.05, 4.69) is 16.0 Å². The van der Waals surface area contributed by atoms with Crippen molar-refractivity contribution >= 4 is 40.5 Å². The molecule has 170 valence electrons. The largest absolute Gasteiger partial charge is 0.493 e. The normalized spacial score (nSPS) is 10.0. The number of benzene rings is 3. The maximum atomic E-state index is 12.7. The summed E-state index contributed by atoms with van der Waals surface area (Å²) in [7, 11) is 4.42. The Kier molecular flexibility index (Phi) is 7.82. The lowest BCUT2D eigenvalue weighted by molar-refractivity contribution is 0.0975. The minimum Gasteiger partial charge on any atom is -0.493 e. The van der Waals surface area contributed by atoms with Crippen LogP contribution in [0.5, 0.6) is 17.2 Å². The fourth-order valence-corrected chi connectivity index (χ4v) is 3.19. The quantitative estimate of drug-likeness (QED) is 0.452. The highest BCUT2D eigenvalue weighted by molar-refractivity contribution is 7.80. The number of carbonyl (C=O) groups excluding carboxylic acids is 2. The molecule has 0 aliphatic rings. The van der Waals surface area contributed by atoms with Crippen molar-refractivity contribution < 1.29 is 23.8 Å². The lowest BCUT2D eigenvalue weighted by Crippen LogP contribution is -2.34. The van der Waals surface area contributed by atoms with Gasteiger partial charge in [0, 0.05) is 22.5 Å². The van der Waals surface area contributed by atoms with Crippen molar-refractivity contribution in [2.45, 2.75) is 0 Å². The predicted molar refractivity (Wildman–Crippen MR) is 131 cm³/mol. The van der Waals surface area contributed by atoms with Crippen molar-refractivity contribution in [1.29, 1.82) is 0 Å². The van der Waals surface area contributed by atoms with Crippen LogP contribution in [0.2, 0.25) is 0 Å². The van der Waals surface area contributed by atoms with Gasteiger partial charge in [-0.1, -0.05) is 18.2 Å². The number of amides is 2. The number of nitrogens with one attached hydrogen (secondary N) is 3. The van der Waals surface area contributed by atoms with Crippen LogP contribution in [-0.4, -0.2) is 38.3 Å². The first kappa shape index (κ1) is 23.6. The van der Waals surface area contributed by atoms with Gasteiger partial charge in [-0.3, -0.25) is 14.9 Å². The zero-order valence-corrected chi connectivity index (χ0v) is 19.1. The standard InChI is InChI=1S/C24H23N3O5S/c1-30-19-13-16(14-20(31-2)21(19)32-3)23(29)27-24(33)26-18-11-9-17(10-12-18)25-22(28)15-7-5-4-6-8-15/h4-14H,1-3H3,(H,25,28)(H2,26,27,29,33). The van der Waals surface area contributed by atoms with Crippen molar-refractivity contribution in [2.24, 2.45) is 0 Å². The van der Waals surface area contributed by atoms with Gasteiger partial charge in [0.05, 0.1) is 21.3 Å². The molecule has 0 unspecified atom stereocenters. The smallest absolute Gasteiger partial charge is 0.257 e. The Hall–Kier alpha value is -4.11. The van der Waals surface area contributed by atoms with Crippen LogP contribution in [0.15, 0.2) is 66.7 Å². The van der Waals surface area contributed by atoms with E-state index in [0.29, 0.717) is 34.2 Å². The second-order valence-corrected chi connectivity index (χ2v) is 7.13. The zero-order chi connectivity index (χ0) is 23.8. The number of carbonyl (C=O) groups is 2. The first-order valence-electron chi connectivity index (χ1n) is 9.84. The molecule has 0 aromatic heterocycles. The van der Waals surface area contributed by atoms with Crippen LogP contribution in [0.4, 0.5) is 11.4 Å². The molecule has 3 aromatic rings. The van der Waals surface area contributed by atoms with Crippen LogP contribution < -0.4 is 30.2 Å². The van der Waals surface area contributed by atoms with E-state index in [1.54, 1.807) is 48.5 Å². The molecule has 0 saturated carbocycles. The Morgan fingerprint density at radius 3 is 1.76 bits per heavy atom. The van der Waals surface area contributed by atoms with Crippen molar-refractivity contribution in [3.8, 4) is 17.2 Å². The average Bonchev–Trinajstić information content (AvgIpc) is 2.84. The molecule has 0 fully saturated rings. The number of hydrogen-bond acceptors (Lipinski definition) is 6. The van der Waals surface area contributed by atoms with Crippen molar-refractivity contribution in [2.75, 3.05) is 32.0 Å². The van der Waals surface area contributed by atoms with E-state index >= 15 is 0 Å². The van der Waals surface area contributed by atoms with Crippen molar-refractivity contribution in [3.05, 3.63) is 77.9 Å². The molecule has 0 spiro atoms. The third-order valence-electron chi connectivity index (χ3n) is 4.59. The minimum atomic E-state index is -0.446. The van der Waals surface area contributed by atoms with Gasteiger partial charge in [-0.25, -0.2) is 0 Å². The Labute approximate surface area is 196 Å². The lowest BCUT2D eigenvalue weighted by atomic mass is 10.1. The summed E-state index contributed by atoms with van der Waals surface area (Å²) >= 11 is 5.25. The monoisotopic (exact) mass is 465 g/mol. The Morgan fingerprint density at radius 2 is 1.24 bits per heavy atom. The first-order valence-corrected chi connectivity index (χ1v) is 10.2. The number of thiocarbonyl (C=S) groups is 1. The van der Waals surface area contributed by atoms with E-state index in [0.717, 1.165) is 0 Å². The molecule has 0 aliphatic heterocycles. The highest BCUT2D eigenvalue weighted by Crippen LogP contribution is 2.38. The minimum absolute atomic E-state index is 0.106. The summed E-state index contributed by atoms with van der Waals surface area (Å²) in [6.07, 6.45) is 0. The molecular formula is C24H23N3O5S. The van der Waals surface area contributed by atoms with Gasteiger partial charge in [0.25, 0.3) is 11.8 Å². The van der Waals surface area contributed by atoms with Crippen molar-refractivity contribution in [1.82, 2.24) is 5.32 Å². The van der Waals surface area contributed by atoms with Gasteiger partial charge in [-0.05, 0) is 60.7 Å². The summed E-state index contributed by atoms with van der Waals surface area (Å²) in [6, 6.07) is 18.9. The second kappa shape index (κ2) is 11.0. The highest BCUT2D eigenvalue weighted by atomic mass is 32.1. The molecule has 33 heavy (non-hydrogen) atoms. The molecule has 9 heteroatoms. The molecule has 0 aliphatic carbocycles. The summed E-state index contributed by atoms with van der Waals surface area (Å²) in [6.45, 7) is 0. The van der Waals surface area contributed by atoms with Gasteiger partial charge in [-0.2, -0.15) is 0 Å². The first-order chi connectivity index (χ1) is 15.9. The zero-order valence-electron chi connectivity index (χ0n) is 18.3. The summed E-state index contributed by atoms with van der Waals surface area (Å²) in [5, 5.41) is 8.47. The van der Waals surface area contributed by atoms with Crippen molar-refractivity contribution in [3.63, 3.8) is 0 Å². The third kappa shape index (κ3) is 5.98. The highest BCUT2D eigenvalue weighted by Gasteiger charge is 2.17. The van der Waals surface area contributed by atoms with E-state index in [1.165, 1.54) is 33.5 Å². The molecule has 0 radical (unpaired) electrons. The van der Waals surface area contributed by atoms with E-state index < -0.39 is 5.91 Å². The Bertz CT molecular complexity index is 1130. The number of methoxy groups -OCH3 is 3. The van der Waals surface area contributed by atoms with Gasteiger partial charge in [0.2, 0.25) is 5.75 Å². The van der Waals surface area contributed by atoms with Crippen LogP contribution in [0, 0.1) is 0 Å². The Morgan fingerprint density at radius 1 is 0.697 bits per heavy atom. The number of ether oxygens (including phenoxy) is 3. The number of hydrogen-bond donors (Lipinski definition) is 3. The van der Waals surface area contributed by atoms with E-state index in [4.69, 9.17) is 26.4 Å². The van der Waals surface area contributed by atoms with Crippen LogP contribution in [0.3, 0.4) is 0 Å². The molecule has 3 N–H and O–H groups in total. The van der Waals surface area contributed by atoms with Gasteiger partial charge < -0.3 is 24.8 Å². The fraction of sp³-hybridized carbons (Fsp3) is 0.125. The summed E-state index contributed by atoms with van der Waals surface area (Å²) in [5.74, 6) is 0.447. The second-order valence-electron chi connectivity index (χ2n) is 6.72. The van der Waals surface area contributed by atoms with Crippen LogP contribution in [0.1, 0.15) is 20.7 Å². The summed E-state index contributed by atoms with van der Waals surface area (Å²) < 4.78 is 15.8.